The Kier molecular flexibility index (Phi) is 30.0. The molecule has 0 spiro atoms. The first-order chi connectivity index (χ1) is 16.8. The maximum Gasteiger partial charge on any atom is 0.0177 e. The van der Waals surface area contributed by atoms with Gasteiger partial charge in [-0.05, 0) is 129 Å². The lowest BCUT2D eigenvalue weighted by Gasteiger charge is -2.11. The van der Waals surface area contributed by atoms with Crippen molar-refractivity contribution in [2.24, 2.45) is 0 Å². The van der Waals surface area contributed by atoms with E-state index in [0.717, 1.165) is 91.6 Å². The maximum atomic E-state index is 3.63. The highest BCUT2D eigenvalue weighted by molar-refractivity contribution is 5.07. The van der Waals surface area contributed by atoms with Crippen LogP contribution in [0.1, 0.15) is 72.1 Å². The van der Waals surface area contributed by atoms with Crippen LogP contribution in [0.2, 0.25) is 0 Å². The van der Waals surface area contributed by atoms with Crippen molar-refractivity contribution in [2.75, 3.05) is 91.6 Å². The normalized spacial score (nSPS) is 12.0. The van der Waals surface area contributed by atoms with Gasteiger partial charge in [0.05, 0.1) is 0 Å². The number of nitrogens with one attached hydrogen (secondary N) is 7. The van der Waals surface area contributed by atoms with Crippen molar-refractivity contribution in [3.8, 4) is 0 Å². The Labute approximate surface area is 212 Å². The van der Waals surface area contributed by atoms with E-state index < -0.39 is 0 Å². The number of unbranched alkanes of at least 4 members (excludes halogenated alkanes) is 4. The molecule has 0 atom stereocenters. The third kappa shape index (κ3) is 27.7. The number of likely N-dealkylation sites (N-methyl/N-ethyl adjacent to an activating group) is 1. The van der Waals surface area contributed by atoms with E-state index in [1.54, 1.807) is 0 Å². The zero-order valence-electron chi connectivity index (χ0n) is 23.1. The second-order valence-corrected chi connectivity index (χ2v) is 9.06. The summed E-state index contributed by atoms with van der Waals surface area (Å²) in [6.45, 7) is 21.7. The molecule has 7 nitrogen and oxygen atoms in total. The predicted molar refractivity (Wildman–Crippen MR) is 152 cm³/mol. The predicted octanol–water partition coefficient (Wildman–Crippen LogP) is 2.22. The third-order valence-electron chi connectivity index (χ3n) is 5.82. The lowest BCUT2D eigenvalue weighted by atomic mass is 10.2. The molecular weight excluding hydrogens is 422 g/mol. The lowest BCUT2D eigenvalue weighted by molar-refractivity contribution is 0.559. The van der Waals surface area contributed by atoms with Gasteiger partial charge in [0, 0.05) is 19.6 Å². The van der Waals surface area contributed by atoms with Crippen molar-refractivity contribution in [1.29, 1.82) is 0 Å². The second-order valence-electron chi connectivity index (χ2n) is 9.06. The largest absolute Gasteiger partial charge is 0.317 e. The van der Waals surface area contributed by atoms with Gasteiger partial charge in [-0.15, -0.1) is 0 Å². The smallest absolute Gasteiger partial charge is 0.0177 e. The van der Waals surface area contributed by atoms with Crippen molar-refractivity contribution in [3.05, 3.63) is 11.6 Å². The van der Waals surface area contributed by atoms with E-state index in [1.807, 2.05) is 0 Å². The maximum absolute atomic E-state index is 3.63. The van der Waals surface area contributed by atoms with Gasteiger partial charge in [0.15, 0.2) is 0 Å². The summed E-state index contributed by atoms with van der Waals surface area (Å²) in [5.74, 6) is 0. The summed E-state index contributed by atoms with van der Waals surface area (Å²) in [5, 5.41) is 24.6. The van der Waals surface area contributed by atoms with E-state index in [0.29, 0.717) is 0 Å². The summed E-state index contributed by atoms with van der Waals surface area (Å²) in [6.07, 6.45) is 12.4. The van der Waals surface area contributed by atoms with Gasteiger partial charge in [-0.2, -0.15) is 0 Å². The molecule has 0 unspecified atom stereocenters. The SMILES string of the molecule is CCNCCCCNCCCCNC/C=C(/CNCC)CNCCCCNCCCCNCC. The minimum absolute atomic E-state index is 0.970. The Bertz CT molecular complexity index is 404. The Morgan fingerprint density at radius 1 is 0.412 bits per heavy atom. The summed E-state index contributed by atoms with van der Waals surface area (Å²) in [7, 11) is 0. The molecule has 0 aliphatic carbocycles. The topological polar surface area (TPSA) is 84.2 Å². The fourth-order valence-electron chi connectivity index (χ4n) is 3.66. The molecule has 0 amide bonds. The van der Waals surface area contributed by atoms with Crippen LogP contribution in [0.5, 0.6) is 0 Å². The fraction of sp³-hybridized carbons (Fsp3) is 0.926. The van der Waals surface area contributed by atoms with Crippen LogP contribution in [0.4, 0.5) is 0 Å². The molecular formula is C27H61N7. The Morgan fingerprint density at radius 2 is 0.765 bits per heavy atom. The molecule has 0 bridgehead atoms. The summed E-state index contributed by atoms with van der Waals surface area (Å²) in [5.41, 5.74) is 1.47. The second kappa shape index (κ2) is 30.5. The molecule has 0 saturated carbocycles. The summed E-state index contributed by atoms with van der Waals surface area (Å²) < 4.78 is 0. The molecule has 7 N–H and O–H groups in total. The van der Waals surface area contributed by atoms with Crippen LogP contribution < -0.4 is 37.2 Å². The van der Waals surface area contributed by atoms with E-state index in [1.165, 1.54) is 56.9 Å². The minimum Gasteiger partial charge on any atom is -0.317 e. The zero-order chi connectivity index (χ0) is 24.8. The van der Waals surface area contributed by atoms with Crippen LogP contribution >= 0.6 is 0 Å². The number of hydrogen-bond donors (Lipinski definition) is 7. The highest BCUT2D eigenvalue weighted by Crippen LogP contribution is 1.93. The average Bonchev–Trinajstić information content (AvgIpc) is 2.85. The van der Waals surface area contributed by atoms with Gasteiger partial charge in [0.1, 0.15) is 0 Å². The summed E-state index contributed by atoms with van der Waals surface area (Å²) in [4.78, 5) is 0. The molecule has 204 valence electrons. The van der Waals surface area contributed by atoms with Gasteiger partial charge in [-0.3, -0.25) is 0 Å². The minimum atomic E-state index is 0.970. The van der Waals surface area contributed by atoms with Crippen LogP contribution in [-0.2, 0) is 0 Å². The first-order valence-corrected chi connectivity index (χ1v) is 14.5. The van der Waals surface area contributed by atoms with Crippen molar-refractivity contribution in [1.82, 2.24) is 37.2 Å². The van der Waals surface area contributed by atoms with Gasteiger partial charge < -0.3 is 37.2 Å². The zero-order valence-corrected chi connectivity index (χ0v) is 23.1. The molecule has 0 aliphatic heterocycles. The van der Waals surface area contributed by atoms with Gasteiger partial charge >= 0.3 is 0 Å². The van der Waals surface area contributed by atoms with Gasteiger partial charge in [-0.1, -0.05) is 26.8 Å². The Hall–Kier alpha value is -0.540. The molecule has 0 aromatic carbocycles. The summed E-state index contributed by atoms with van der Waals surface area (Å²) >= 11 is 0. The Balaban J connectivity index is 3.58. The number of rotatable bonds is 29. The standard InChI is InChI=1S/C27H61N7/c1-4-28-16-7-9-18-31-20-11-12-22-33-24-15-27(25-30-6-3)26-34-23-14-13-21-32-19-10-8-17-29-5-2/h15,28-34H,4-14,16-26H2,1-3H3/b27-15-. The molecule has 0 saturated heterocycles. The highest BCUT2D eigenvalue weighted by atomic mass is 14.9. The van der Waals surface area contributed by atoms with Crippen LogP contribution in [-0.4, -0.2) is 91.6 Å². The first-order valence-electron chi connectivity index (χ1n) is 14.5. The fourth-order valence-corrected chi connectivity index (χ4v) is 3.66. The van der Waals surface area contributed by atoms with Crippen molar-refractivity contribution < 1.29 is 0 Å². The third-order valence-corrected chi connectivity index (χ3v) is 5.82. The van der Waals surface area contributed by atoms with Gasteiger partial charge in [0.2, 0.25) is 0 Å². The summed E-state index contributed by atoms with van der Waals surface area (Å²) in [6, 6.07) is 0. The van der Waals surface area contributed by atoms with Crippen LogP contribution in [0, 0.1) is 0 Å². The van der Waals surface area contributed by atoms with E-state index in [4.69, 9.17) is 0 Å². The Morgan fingerprint density at radius 3 is 1.21 bits per heavy atom. The van der Waals surface area contributed by atoms with Gasteiger partial charge in [-0.25, -0.2) is 0 Å². The van der Waals surface area contributed by atoms with Crippen molar-refractivity contribution >= 4 is 0 Å². The molecule has 0 heterocycles. The van der Waals surface area contributed by atoms with Crippen LogP contribution in [0.15, 0.2) is 11.6 Å². The molecule has 0 aromatic heterocycles. The van der Waals surface area contributed by atoms with Crippen molar-refractivity contribution in [2.45, 2.75) is 72.1 Å². The van der Waals surface area contributed by atoms with Gasteiger partial charge in [0.25, 0.3) is 0 Å². The first kappa shape index (κ1) is 33.5. The van der Waals surface area contributed by atoms with Crippen LogP contribution in [0.3, 0.4) is 0 Å². The lowest BCUT2D eigenvalue weighted by Crippen LogP contribution is -2.27. The van der Waals surface area contributed by atoms with Crippen molar-refractivity contribution in [3.63, 3.8) is 0 Å². The number of hydrogen-bond acceptors (Lipinski definition) is 7. The molecule has 0 radical (unpaired) electrons. The average molecular weight is 484 g/mol. The van der Waals surface area contributed by atoms with E-state index in [2.05, 4.69) is 64.1 Å². The molecule has 7 heteroatoms. The molecule has 0 fully saturated rings. The molecule has 0 aromatic rings. The van der Waals surface area contributed by atoms with E-state index >= 15 is 0 Å². The molecule has 0 aliphatic rings. The van der Waals surface area contributed by atoms with E-state index in [9.17, 15) is 0 Å². The molecule has 34 heavy (non-hydrogen) atoms. The van der Waals surface area contributed by atoms with Crippen LogP contribution in [0.25, 0.3) is 0 Å². The quantitative estimate of drug-likeness (QED) is 0.0649. The van der Waals surface area contributed by atoms with E-state index in [-0.39, 0.29) is 0 Å². The monoisotopic (exact) mass is 483 g/mol. The highest BCUT2D eigenvalue weighted by Gasteiger charge is 1.98. The molecule has 0 rings (SSSR count).